The number of nitrogens with one attached hydrogen (secondary N) is 1. The standard InChI is InChI=1S/C18H24N4O2/c1-14-4-3-5-17(21-14)19-10-15-8-9-22(12-15)18-7-6-16(11-20-18)24-13-23-2/h3-7,11,15H,8-10,12-13H2,1-2H3,(H,19,21)/t15-/m0/s1. The fraction of sp³-hybridized carbons (Fsp3) is 0.444. The van der Waals surface area contributed by atoms with Gasteiger partial charge in [0.25, 0.3) is 0 Å². The third kappa shape index (κ3) is 4.35. The first-order chi connectivity index (χ1) is 11.7. The van der Waals surface area contributed by atoms with Gasteiger partial charge in [0.1, 0.15) is 17.4 Å². The Bertz CT molecular complexity index is 648. The first-order valence-corrected chi connectivity index (χ1v) is 8.25. The number of nitrogens with zero attached hydrogens (tertiary/aromatic N) is 3. The molecule has 1 aliphatic rings. The molecule has 1 fully saturated rings. The highest BCUT2D eigenvalue weighted by molar-refractivity contribution is 5.42. The molecule has 0 spiro atoms. The summed E-state index contributed by atoms with van der Waals surface area (Å²) in [6.45, 7) is 5.21. The SMILES string of the molecule is COCOc1ccc(N2CC[C@@H](CNc3cccc(C)n3)C2)nc1. The number of pyridine rings is 2. The van der Waals surface area contributed by atoms with Crippen molar-refractivity contribution in [1.29, 1.82) is 0 Å². The van der Waals surface area contributed by atoms with Crippen LogP contribution in [0.15, 0.2) is 36.5 Å². The van der Waals surface area contributed by atoms with Crippen LogP contribution >= 0.6 is 0 Å². The molecule has 0 amide bonds. The van der Waals surface area contributed by atoms with Crippen molar-refractivity contribution in [2.24, 2.45) is 5.92 Å². The minimum absolute atomic E-state index is 0.242. The van der Waals surface area contributed by atoms with Crippen molar-refractivity contribution in [1.82, 2.24) is 9.97 Å². The van der Waals surface area contributed by atoms with Gasteiger partial charge in [-0.2, -0.15) is 0 Å². The molecular formula is C18H24N4O2. The van der Waals surface area contributed by atoms with Crippen molar-refractivity contribution in [3.05, 3.63) is 42.2 Å². The van der Waals surface area contributed by atoms with Crippen molar-refractivity contribution < 1.29 is 9.47 Å². The molecule has 0 saturated carbocycles. The molecule has 1 atom stereocenters. The molecule has 2 aromatic heterocycles. The van der Waals surface area contributed by atoms with Crippen molar-refractivity contribution in [2.45, 2.75) is 13.3 Å². The second-order valence-electron chi connectivity index (χ2n) is 6.05. The summed E-state index contributed by atoms with van der Waals surface area (Å²) in [4.78, 5) is 11.3. The number of hydrogen-bond donors (Lipinski definition) is 1. The maximum atomic E-state index is 5.37. The van der Waals surface area contributed by atoms with E-state index in [2.05, 4.69) is 20.2 Å². The van der Waals surface area contributed by atoms with Crippen LogP contribution in [0.25, 0.3) is 0 Å². The zero-order chi connectivity index (χ0) is 16.8. The maximum Gasteiger partial charge on any atom is 0.188 e. The smallest absolute Gasteiger partial charge is 0.188 e. The predicted octanol–water partition coefficient (Wildman–Crippen LogP) is 2.71. The van der Waals surface area contributed by atoms with Crippen molar-refractivity contribution in [3.8, 4) is 5.75 Å². The summed E-state index contributed by atoms with van der Waals surface area (Å²) in [7, 11) is 1.60. The lowest BCUT2D eigenvalue weighted by atomic mass is 10.1. The summed E-state index contributed by atoms with van der Waals surface area (Å²) in [6, 6.07) is 9.99. The molecule has 6 heteroatoms. The second-order valence-corrected chi connectivity index (χ2v) is 6.05. The molecule has 3 heterocycles. The van der Waals surface area contributed by atoms with Crippen LogP contribution in [-0.4, -0.2) is 43.5 Å². The van der Waals surface area contributed by atoms with Gasteiger partial charge in [-0.3, -0.25) is 0 Å². The highest BCUT2D eigenvalue weighted by Crippen LogP contribution is 2.23. The molecule has 0 unspecified atom stereocenters. The highest BCUT2D eigenvalue weighted by atomic mass is 16.7. The van der Waals surface area contributed by atoms with Gasteiger partial charge < -0.3 is 19.7 Å². The van der Waals surface area contributed by atoms with Crippen molar-refractivity contribution in [2.75, 3.05) is 43.8 Å². The first-order valence-electron chi connectivity index (χ1n) is 8.25. The Morgan fingerprint density at radius 3 is 2.96 bits per heavy atom. The van der Waals surface area contributed by atoms with Gasteiger partial charge in [0, 0.05) is 32.4 Å². The van der Waals surface area contributed by atoms with Gasteiger partial charge in [-0.25, -0.2) is 9.97 Å². The Labute approximate surface area is 142 Å². The number of rotatable bonds is 7. The van der Waals surface area contributed by atoms with Gasteiger partial charge in [0.2, 0.25) is 0 Å². The van der Waals surface area contributed by atoms with Crippen LogP contribution in [0.5, 0.6) is 5.75 Å². The molecule has 24 heavy (non-hydrogen) atoms. The first kappa shape index (κ1) is 16.5. The number of aromatic nitrogens is 2. The lowest BCUT2D eigenvalue weighted by Crippen LogP contribution is -2.23. The molecule has 128 valence electrons. The molecule has 0 radical (unpaired) electrons. The number of ether oxygens (including phenoxy) is 2. The summed E-state index contributed by atoms with van der Waals surface area (Å²) >= 11 is 0. The van der Waals surface area contributed by atoms with Gasteiger partial charge in [-0.15, -0.1) is 0 Å². The van der Waals surface area contributed by atoms with E-state index in [9.17, 15) is 0 Å². The predicted molar refractivity (Wildman–Crippen MR) is 94.5 cm³/mol. The zero-order valence-corrected chi connectivity index (χ0v) is 14.2. The van der Waals surface area contributed by atoms with Gasteiger partial charge in [-0.05, 0) is 43.5 Å². The Balaban J connectivity index is 1.49. The van der Waals surface area contributed by atoms with Crippen LogP contribution in [0.3, 0.4) is 0 Å². The fourth-order valence-electron chi connectivity index (χ4n) is 2.87. The normalized spacial score (nSPS) is 17.1. The second kappa shape index (κ2) is 7.97. The molecule has 2 aromatic rings. The van der Waals surface area contributed by atoms with Crippen LogP contribution in [0, 0.1) is 12.8 Å². The third-order valence-electron chi connectivity index (χ3n) is 4.13. The van der Waals surface area contributed by atoms with Gasteiger partial charge in [0.15, 0.2) is 6.79 Å². The molecule has 1 N–H and O–H groups in total. The molecule has 0 aromatic carbocycles. The Morgan fingerprint density at radius 1 is 1.29 bits per heavy atom. The summed E-state index contributed by atoms with van der Waals surface area (Å²) in [5.41, 5.74) is 1.04. The third-order valence-corrected chi connectivity index (χ3v) is 4.13. The van der Waals surface area contributed by atoms with Gasteiger partial charge >= 0.3 is 0 Å². The van der Waals surface area contributed by atoms with Crippen molar-refractivity contribution in [3.63, 3.8) is 0 Å². The molecule has 3 rings (SSSR count). The van der Waals surface area contributed by atoms with E-state index in [1.807, 2.05) is 37.3 Å². The lowest BCUT2D eigenvalue weighted by Gasteiger charge is -2.18. The van der Waals surface area contributed by atoms with Crippen LogP contribution in [0.2, 0.25) is 0 Å². The molecular weight excluding hydrogens is 304 g/mol. The van der Waals surface area contributed by atoms with E-state index in [4.69, 9.17) is 9.47 Å². The molecule has 1 saturated heterocycles. The number of methoxy groups -OCH3 is 1. The van der Waals surface area contributed by atoms with E-state index < -0.39 is 0 Å². The van der Waals surface area contributed by atoms with Crippen LogP contribution in [-0.2, 0) is 4.74 Å². The summed E-state index contributed by atoms with van der Waals surface area (Å²) in [5.74, 6) is 3.27. The fourth-order valence-corrected chi connectivity index (χ4v) is 2.87. The minimum Gasteiger partial charge on any atom is -0.466 e. The number of aryl methyl sites for hydroxylation is 1. The Morgan fingerprint density at radius 2 is 2.21 bits per heavy atom. The molecule has 1 aliphatic heterocycles. The van der Waals surface area contributed by atoms with E-state index in [-0.39, 0.29) is 6.79 Å². The van der Waals surface area contributed by atoms with Gasteiger partial charge in [0.05, 0.1) is 6.20 Å². The topological polar surface area (TPSA) is 59.5 Å². The molecule has 6 nitrogen and oxygen atoms in total. The largest absolute Gasteiger partial charge is 0.466 e. The van der Waals surface area contributed by atoms with Gasteiger partial charge in [-0.1, -0.05) is 6.07 Å². The van der Waals surface area contributed by atoms with E-state index in [0.29, 0.717) is 5.92 Å². The summed E-state index contributed by atoms with van der Waals surface area (Å²) in [5, 5.41) is 3.44. The van der Waals surface area contributed by atoms with Crippen molar-refractivity contribution >= 4 is 11.6 Å². The Kier molecular flexibility index (Phi) is 5.48. The average molecular weight is 328 g/mol. The minimum atomic E-state index is 0.242. The Hall–Kier alpha value is -2.34. The zero-order valence-electron chi connectivity index (χ0n) is 14.2. The summed E-state index contributed by atoms with van der Waals surface area (Å²) in [6.07, 6.45) is 2.90. The monoisotopic (exact) mass is 328 g/mol. The van der Waals surface area contributed by atoms with E-state index in [1.165, 1.54) is 0 Å². The quantitative estimate of drug-likeness (QED) is 0.789. The van der Waals surface area contributed by atoms with Crippen LogP contribution in [0.4, 0.5) is 11.6 Å². The van der Waals surface area contributed by atoms with Crippen LogP contribution < -0.4 is 15.0 Å². The maximum absolute atomic E-state index is 5.37. The molecule has 0 aliphatic carbocycles. The van der Waals surface area contributed by atoms with E-state index in [1.54, 1.807) is 13.3 Å². The van der Waals surface area contributed by atoms with Crippen LogP contribution in [0.1, 0.15) is 12.1 Å². The molecule has 0 bridgehead atoms. The van der Waals surface area contributed by atoms with E-state index in [0.717, 1.165) is 49.1 Å². The van der Waals surface area contributed by atoms with E-state index >= 15 is 0 Å². The number of anilines is 2. The number of hydrogen-bond acceptors (Lipinski definition) is 6. The average Bonchev–Trinajstić information content (AvgIpc) is 3.08. The lowest BCUT2D eigenvalue weighted by molar-refractivity contribution is 0.0509. The highest BCUT2D eigenvalue weighted by Gasteiger charge is 2.23. The summed E-state index contributed by atoms with van der Waals surface area (Å²) < 4.78 is 10.3.